The summed E-state index contributed by atoms with van der Waals surface area (Å²) < 4.78 is 70.2. The Kier molecular flexibility index (Phi) is 4.41. The fourth-order valence-corrected chi connectivity index (χ4v) is 6.34. The highest BCUT2D eigenvalue weighted by atomic mass is 32.2. The van der Waals surface area contributed by atoms with E-state index in [1.54, 1.807) is 12.3 Å². The lowest BCUT2D eigenvalue weighted by molar-refractivity contribution is -0.139. The number of nitrogens with one attached hydrogen (secondary N) is 2. The number of imidazole rings is 1. The largest absolute Gasteiger partial charge is 0.435 e. The summed E-state index contributed by atoms with van der Waals surface area (Å²) in [5.41, 5.74) is -0.0271. The molecule has 3 atom stereocenters. The number of alkyl halides is 3. The van der Waals surface area contributed by atoms with Crippen LogP contribution in [0.3, 0.4) is 0 Å². The van der Waals surface area contributed by atoms with Crippen molar-refractivity contribution in [3.63, 3.8) is 0 Å². The summed E-state index contributed by atoms with van der Waals surface area (Å²) in [4.78, 5) is 11.1. The second-order valence-corrected chi connectivity index (χ2v) is 10.3. The fraction of sp³-hybridized carbons (Fsp3) is 0.579. The van der Waals surface area contributed by atoms with Gasteiger partial charge in [-0.05, 0) is 37.7 Å². The van der Waals surface area contributed by atoms with Crippen molar-refractivity contribution in [1.29, 1.82) is 0 Å². The van der Waals surface area contributed by atoms with Gasteiger partial charge in [0.05, 0.1) is 22.5 Å². The number of H-pyrrole nitrogens is 1. The maximum absolute atomic E-state index is 13.7. The quantitative estimate of drug-likeness (QED) is 0.633. The third-order valence-corrected chi connectivity index (χ3v) is 8.32. The number of sulfonamides is 1. The van der Waals surface area contributed by atoms with Crippen LogP contribution in [0.4, 0.5) is 13.2 Å². The van der Waals surface area contributed by atoms with Crippen LogP contribution >= 0.6 is 0 Å². The molecule has 5 rings (SSSR count). The molecule has 2 aliphatic rings. The molecule has 0 saturated heterocycles. The van der Waals surface area contributed by atoms with Crippen molar-refractivity contribution in [1.82, 2.24) is 24.1 Å². The molecule has 0 spiro atoms. The van der Waals surface area contributed by atoms with E-state index >= 15 is 0 Å². The fourth-order valence-electron chi connectivity index (χ4n) is 4.74. The Morgan fingerprint density at radius 3 is 2.70 bits per heavy atom. The van der Waals surface area contributed by atoms with Crippen molar-refractivity contribution in [3.05, 3.63) is 30.0 Å². The maximum atomic E-state index is 13.7. The lowest BCUT2D eigenvalue weighted by Gasteiger charge is -2.17. The number of hydrogen-bond donors (Lipinski definition) is 2. The number of hydrogen-bond acceptors (Lipinski definition) is 4. The summed E-state index contributed by atoms with van der Waals surface area (Å²) in [5, 5.41) is -0.328. The molecule has 2 fully saturated rings. The molecule has 0 amide bonds. The predicted octanol–water partition coefficient (Wildman–Crippen LogP) is 3.58. The van der Waals surface area contributed by atoms with E-state index in [0.717, 1.165) is 6.42 Å². The molecule has 7 nitrogen and oxygen atoms in total. The molecule has 30 heavy (non-hydrogen) atoms. The molecule has 162 valence electrons. The number of rotatable bonds is 5. The van der Waals surface area contributed by atoms with Gasteiger partial charge in [-0.25, -0.2) is 23.1 Å². The zero-order valence-electron chi connectivity index (χ0n) is 16.3. The minimum absolute atomic E-state index is 0.0331. The SMILES string of the molecule is CC[C@@H]1C[C@H](NS(=O)(=O)C2CC2)C[C@@H]1c1nc(C(F)(F)F)c2cnc3[nH]ccc3n12. The summed E-state index contributed by atoms with van der Waals surface area (Å²) in [6.07, 6.45) is 1.29. The Bertz CT molecular complexity index is 1210. The molecule has 0 unspecified atom stereocenters. The average molecular weight is 441 g/mol. The van der Waals surface area contributed by atoms with E-state index < -0.39 is 21.9 Å². The maximum Gasteiger partial charge on any atom is 0.435 e. The second kappa shape index (κ2) is 6.68. The highest BCUT2D eigenvalue weighted by Crippen LogP contribution is 2.44. The number of aromatic amines is 1. The van der Waals surface area contributed by atoms with Crippen molar-refractivity contribution in [2.75, 3.05) is 0 Å². The molecule has 0 bridgehead atoms. The van der Waals surface area contributed by atoms with Gasteiger partial charge in [0.2, 0.25) is 10.0 Å². The van der Waals surface area contributed by atoms with Crippen LogP contribution in [0.5, 0.6) is 0 Å². The molecule has 3 aromatic heterocycles. The average Bonchev–Trinajstić information content (AvgIpc) is 3.13. The Morgan fingerprint density at radius 2 is 2.03 bits per heavy atom. The van der Waals surface area contributed by atoms with Gasteiger partial charge in [0.1, 0.15) is 5.82 Å². The van der Waals surface area contributed by atoms with Gasteiger partial charge in [-0.3, -0.25) is 4.40 Å². The highest BCUT2D eigenvalue weighted by Gasteiger charge is 2.44. The molecular weight excluding hydrogens is 419 g/mol. The first-order valence-corrected chi connectivity index (χ1v) is 11.7. The molecule has 11 heteroatoms. The van der Waals surface area contributed by atoms with Crippen LogP contribution in [-0.2, 0) is 16.2 Å². The van der Waals surface area contributed by atoms with Crippen LogP contribution in [0.25, 0.3) is 16.7 Å². The summed E-state index contributed by atoms with van der Waals surface area (Å²) >= 11 is 0. The summed E-state index contributed by atoms with van der Waals surface area (Å²) in [6.45, 7) is 1.98. The molecule has 0 aliphatic heterocycles. The molecular formula is C19H22F3N5O2S. The third-order valence-electron chi connectivity index (χ3n) is 6.31. The zero-order chi connectivity index (χ0) is 21.3. The van der Waals surface area contributed by atoms with Gasteiger partial charge in [0.15, 0.2) is 11.3 Å². The Balaban J connectivity index is 1.60. The molecule has 2 aliphatic carbocycles. The van der Waals surface area contributed by atoms with Gasteiger partial charge in [0, 0.05) is 18.2 Å². The molecule has 0 radical (unpaired) electrons. The van der Waals surface area contributed by atoms with Crippen LogP contribution in [0, 0.1) is 5.92 Å². The Morgan fingerprint density at radius 1 is 1.27 bits per heavy atom. The smallest absolute Gasteiger partial charge is 0.345 e. The Hall–Kier alpha value is -2.14. The predicted molar refractivity (Wildman–Crippen MR) is 104 cm³/mol. The van der Waals surface area contributed by atoms with Crippen molar-refractivity contribution in [2.45, 2.75) is 62.4 Å². The number of aromatic nitrogens is 4. The molecule has 0 aromatic carbocycles. The van der Waals surface area contributed by atoms with E-state index in [1.165, 1.54) is 10.6 Å². The van der Waals surface area contributed by atoms with Crippen molar-refractivity contribution in [3.8, 4) is 0 Å². The standard InChI is InChI=1S/C19H22F3N5O2S/c1-2-10-7-11(26-30(28,29)12-3-4-12)8-13(10)18-25-16(19(20,21)22)15-9-24-17-14(27(15)18)5-6-23-17/h5-6,9-13,23,26H,2-4,7-8H2,1H3/t10-,11+,13+/m1/s1. The van der Waals surface area contributed by atoms with E-state index in [1.807, 2.05) is 6.92 Å². The van der Waals surface area contributed by atoms with E-state index in [9.17, 15) is 21.6 Å². The van der Waals surface area contributed by atoms with Gasteiger partial charge >= 0.3 is 6.18 Å². The van der Waals surface area contributed by atoms with Gasteiger partial charge in [-0.15, -0.1) is 0 Å². The van der Waals surface area contributed by atoms with Crippen LogP contribution < -0.4 is 4.72 Å². The van der Waals surface area contributed by atoms with E-state index in [4.69, 9.17) is 0 Å². The van der Waals surface area contributed by atoms with Crippen molar-refractivity contribution < 1.29 is 21.6 Å². The van der Waals surface area contributed by atoms with Crippen LogP contribution in [-0.4, -0.2) is 39.1 Å². The minimum Gasteiger partial charge on any atom is -0.345 e. The van der Waals surface area contributed by atoms with Crippen molar-refractivity contribution in [2.24, 2.45) is 5.92 Å². The monoisotopic (exact) mass is 441 g/mol. The first-order chi connectivity index (χ1) is 14.2. The first-order valence-electron chi connectivity index (χ1n) is 10.1. The third kappa shape index (κ3) is 3.18. The van der Waals surface area contributed by atoms with Gasteiger partial charge in [0.25, 0.3) is 0 Å². The lowest BCUT2D eigenvalue weighted by Crippen LogP contribution is -2.35. The van der Waals surface area contributed by atoms with E-state index in [-0.39, 0.29) is 28.6 Å². The highest BCUT2D eigenvalue weighted by molar-refractivity contribution is 7.90. The summed E-state index contributed by atoms with van der Waals surface area (Å²) in [6, 6.07) is 1.39. The normalized spacial score (nSPS) is 25.5. The Labute approximate surface area is 171 Å². The molecule has 3 aromatic rings. The number of nitrogens with zero attached hydrogens (tertiary/aromatic N) is 3. The van der Waals surface area contributed by atoms with Gasteiger partial charge in [-0.1, -0.05) is 13.3 Å². The molecule has 2 saturated carbocycles. The number of halogens is 3. The lowest BCUT2D eigenvalue weighted by atomic mass is 9.93. The van der Waals surface area contributed by atoms with E-state index in [0.29, 0.717) is 42.7 Å². The van der Waals surface area contributed by atoms with Crippen LogP contribution in [0.15, 0.2) is 18.5 Å². The molecule has 2 N–H and O–H groups in total. The summed E-state index contributed by atoms with van der Waals surface area (Å²) in [5.74, 6) is 0.0704. The van der Waals surface area contributed by atoms with Gasteiger partial charge < -0.3 is 4.98 Å². The van der Waals surface area contributed by atoms with E-state index in [2.05, 4.69) is 19.7 Å². The van der Waals surface area contributed by atoms with Crippen LogP contribution in [0.2, 0.25) is 0 Å². The topological polar surface area (TPSA) is 92.2 Å². The van der Waals surface area contributed by atoms with Crippen molar-refractivity contribution >= 4 is 26.7 Å². The minimum atomic E-state index is -4.61. The first kappa shape index (κ1) is 19.8. The summed E-state index contributed by atoms with van der Waals surface area (Å²) in [7, 11) is -3.37. The molecule has 3 heterocycles. The number of fused-ring (bicyclic) bond motifs is 3. The zero-order valence-corrected chi connectivity index (χ0v) is 17.1. The second-order valence-electron chi connectivity index (χ2n) is 8.31. The van der Waals surface area contributed by atoms with Crippen LogP contribution in [0.1, 0.15) is 56.5 Å². The van der Waals surface area contributed by atoms with Gasteiger partial charge in [-0.2, -0.15) is 13.2 Å².